The zero-order valence-electron chi connectivity index (χ0n) is 11.4. The van der Waals surface area contributed by atoms with Crippen molar-refractivity contribution in [2.75, 3.05) is 6.54 Å². The summed E-state index contributed by atoms with van der Waals surface area (Å²) in [7, 11) is 0. The van der Waals surface area contributed by atoms with E-state index in [-0.39, 0.29) is 17.2 Å². The van der Waals surface area contributed by atoms with Crippen LogP contribution in [0, 0.1) is 0 Å². The van der Waals surface area contributed by atoms with Crippen molar-refractivity contribution in [3.63, 3.8) is 0 Å². The maximum absolute atomic E-state index is 12.1. The molecule has 0 radical (unpaired) electrons. The van der Waals surface area contributed by atoms with Gasteiger partial charge in [0, 0.05) is 12.1 Å². The van der Waals surface area contributed by atoms with Crippen LogP contribution in [-0.2, 0) is 0 Å². The van der Waals surface area contributed by atoms with Crippen LogP contribution < -0.4 is 15.8 Å². The molecule has 2 rings (SSSR count). The predicted octanol–water partition coefficient (Wildman–Crippen LogP) is 2.59. The highest BCUT2D eigenvalue weighted by Gasteiger charge is 2.34. The summed E-state index contributed by atoms with van der Waals surface area (Å²) in [4.78, 5) is 12.1. The molecule has 1 aliphatic carbocycles. The normalized spacial score (nSPS) is 17.5. The fraction of sp³-hybridized carbons (Fsp3) is 0.500. The largest absolute Gasteiger partial charge is 0.573 e. The highest BCUT2D eigenvalue weighted by Crippen LogP contribution is 2.29. The molecule has 0 spiro atoms. The van der Waals surface area contributed by atoms with E-state index in [0.29, 0.717) is 6.54 Å². The number of carbonyl (C=O) groups excluding carboxylic acids is 1. The molecule has 1 aliphatic rings. The molecule has 1 fully saturated rings. The summed E-state index contributed by atoms with van der Waals surface area (Å²) in [5, 5.41) is 2.90. The molecule has 1 amide bonds. The number of alkyl halides is 3. The van der Waals surface area contributed by atoms with Crippen molar-refractivity contribution in [3.05, 3.63) is 29.8 Å². The molecule has 0 bridgehead atoms. The zero-order valence-corrected chi connectivity index (χ0v) is 11.4. The number of amides is 1. The van der Waals surface area contributed by atoms with E-state index in [1.54, 1.807) is 0 Å². The maximum Gasteiger partial charge on any atom is 0.573 e. The predicted molar refractivity (Wildman–Crippen MR) is 70.8 cm³/mol. The Morgan fingerprint density at radius 2 is 1.81 bits per heavy atom. The van der Waals surface area contributed by atoms with Gasteiger partial charge in [0.2, 0.25) is 0 Å². The Kier molecular flexibility index (Phi) is 4.41. The van der Waals surface area contributed by atoms with E-state index in [2.05, 4.69) is 10.1 Å². The smallest absolute Gasteiger partial charge is 0.406 e. The van der Waals surface area contributed by atoms with Gasteiger partial charge in [0.1, 0.15) is 5.75 Å². The monoisotopic (exact) mass is 302 g/mol. The lowest BCUT2D eigenvalue weighted by atomic mass is 9.97. The first-order chi connectivity index (χ1) is 9.84. The van der Waals surface area contributed by atoms with Crippen molar-refractivity contribution in [2.24, 2.45) is 5.73 Å². The lowest BCUT2D eigenvalue weighted by Crippen LogP contribution is -2.51. The molecule has 0 saturated heterocycles. The SMILES string of the molecule is NCC1(NC(=O)c2ccc(OC(F)(F)F)cc2)CCCC1. The molecule has 0 unspecified atom stereocenters. The number of carbonyl (C=O) groups is 1. The van der Waals surface area contributed by atoms with E-state index < -0.39 is 11.9 Å². The summed E-state index contributed by atoms with van der Waals surface area (Å²) in [6.45, 7) is 0.355. The zero-order chi connectivity index (χ0) is 15.5. The van der Waals surface area contributed by atoms with Crippen LogP contribution in [0.2, 0.25) is 0 Å². The van der Waals surface area contributed by atoms with Gasteiger partial charge in [-0.1, -0.05) is 12.8 Å². The van der Waals surface area contributed by atoms with Crippen LogP contribution in [0.25, 0.3) is 0 Å². The second kappa shape index (κ2) is 5.93. The second-order valence-electron chi connectivity index (χ2n) is 5.22. The number of halogens is 3. The van der Waals surface area contributed by atoms with Crippen molar-refractivity contribution in [1.29, 1.82) is 0 Å². The van der Waals surface area contributed by atoms with Crippen LogP contribution in [0.3, 0.4) is 0 Å². The summed E-state index contributed by atoms with van der Waals surface area (Å²) in [6.07, 6.45) is -1.07. The molecule has 1 saturated carbocycles. The molecule has 1 aromatic rings. The molecule has 0 aromatic heterocycles. The van der Waals surface area contributed by atoms with E-state index in [1.807, 2.05) is 0 Å². The number of nitrogens with one attached hydrogen (secondary N) is 1. The third-order valence-electron chi connectivity index (χ3n) is 3.68. The molecule has 0 atom stereocenters. The van der Waals surface area contributed by atoms with Gasteiger partial charge in [-0.15, -0.1) is 13.2 Å². The van der Waals surface area contributed by atoms with E-state index in [0.717, 1.165) is 37.8 Å². The molecule has 1 aromatic carbocycles. The van der Waals surface area contributed by atoms with Gasteiger partial charge in [0.15, 0.2) is 0 Å². The lowest BCUT2D eigenvalue weighted by Gasteiger charge is -2.28. The van der Waals surface area contributed by atoms with E-state index in [9.17, 15) is 18.0 Å². The number of ether oxygens (including phenoxy) is 1. The first kappa shape index (κ1) is 15.6. The Morgan fingerprint density at radius 1 is 1.24 bits per heavy atom. The molecule has 116 valence electrons. The average Bonchev–Trinajstić information content (AvgIpc) is 2.87. The Morgan fingerprint density at radius 3 is 2.29 bits per heavy atom. The highest BCUT2D eigenvalue weighted by molar-refractivity contribution is 5.94. The van der Waals surface area contributed by atoms with Crippen LogP contribution in [0.4, 0.5) is 13.2 Å². The van der Waals surface area contributed by atoms with E-state index in [4.69, 9.17) is 5.73 Å². The topological polar surface area (TPSA) is 64.3 Å². The molecule has 0 heterocycles. The van der Waals surface area contributed by atoms with Gasteiger partial charge < -0.3 is 15.8 Å². The molecule has 3 N–H and O–H groups in total. The number of nitrogens with two attached hydrogens (primary N) is 1. The van der Waals surface area contributed by atoms with Gasteiger partial charge in [-0.3, -0.25) is 4.79 Å². The van der Waals surface area contributed by atoms with Crippen molar-refractivity contribution < 1.29 is 22.7 Å². The number of benzene rings is 1. The average molecular weight is 302 g/mol. The molecule has 7 heteroatoms. The quantitative estimate of drug-likeness (QED) is 0.898. The fourth-order valence-corrected chi connectivity index (χ4v) is 2.55. The molecule has 21 heavy (non-hydrogen) atoms. The van der Waals surface area contributed by atoms with Crippen LogP contribution >= 0.6 is 0 Å². The fourth-order valence-electron chi connectivity index (χ4n) is 2.55. The summed E-state index contributed by atoms with van der Waals surface area (Å²) in [6, 6.07) is 4.84. The number of hydrogen-bond donors (Lipinski definition) is 2. The van der Waals surface area contributed by atoms with Gasteiger partial charge in [-0.25, -0.2) is 0 Å². The Balaban J connectivity index is 2.03. The summed E-state index contributed by atoms with van der Waals surface area (Å²) in [5.41, 5.74) is 5.62. The highest BCUT2D eigenvalue weighted by atomic mass is 19.4. The number of rotatable bonds is 4. The van der Waals surface area contributed by atoms with E-state index in [1.165, 1.54) is 12.1 Å². The summed E-state index contributed by atoms with van der Waals surface area (Å²) >= 11 is 0. The Labute approximate surface area is 120 Å². The standard InChI is InChI=1S/C14H17F3N2O2/c15-14(16,17)21-11-5-3-10(4-6-11)12(20)19-13(9-18)7-1-2-8-13/h3-6H,1-2,7-9,18H2,(H,19,20). The minimum absolute atomic E-state index is 0.282. The van der Waals surface area contributed by atoms with E-state index >= 15 is 0 Å². The Hall–Kier alpha value is -1.76. The van der Waals surface area contributed by atoms with Gasteiger partial charge in [0.05, 0.1) is 5.54 Å². The van der Waals surface area contributed by atoms with Gasteiger partial charge >= 0.3 is 6.36 Å². The minimum atomic E-state index is -4.74. The van der Waals surface area contributed by atoms with Gasteiger partial charge in [-0.2, -0.15) is 0 Å². The summed E-state index contributed by atoms with van der Waals surface area (Å²) < 4.78 is 39.9. The molecular formula is C14H17F3N2O2. The van der Waals surface area contributed by atoms with Crippen LogP contribution in [-0.4, -0.2) is 24.4 Å². The first-order valence-electron chi connectivity index (χ1n) is 6.72. The molecule has 0 aliphatic heterocycles. The molecule has 4 nitrogen and oxygen atoms in total. The lowest BCUT2D eigenvalue weighted by molar-refractivity contribution is -0.274. The van der Waals surface area contributed by atoms with Crippen LogP contribution in [0.1, 0.15) is 36.0 Å². The van der Waals surface area contributed by atoms with Gasteiger partial charge in [0.25, 0.3) is 5.91 Å². The van der Waals surface area contributed by atoms with Gasteiger partial charge in [-0.05, 0) is 37.1 Å². The minimum Gasteiger partial charge on any atom is -0.406 e. The van der Waals surface area contributed by atoms with Crippen molar-refractivity contribution in [1.82, 2.24) is 5.32 Å². The van der Waals surface area contributed by atoms with Crippen LogP contribution in [0.5, 0.6) is 5.75 Å². The third-order valence-corrected chi connectivity index (χ3v) is 3.68. The molecular weight excluding hydrogens is 285 g/mol. The first-order valence-corrected chi connectivity index (χ1v) is 6.72. The number of hydrogen-bond acceptors (Lipinski definition) is 3. The Bertz CT molecular complexity index is 494. The third kappa shape index (κ3) is 4.10. The second-order valence-corrected chi connectivity index (χ2v) is 5.22. The van der Waals surface area contributed by atoms with Crippen molar-refractivity contribution >= 4 is 5.91 Å². The van der Waals surface area contributed by atoms with Crippen LogP contribution in [0.15, 0.2) is 24.3 Å². The summed E-state index contributed by atoms with van der Waals surface area (Å²) in [5.74, 6) is -0.686. The van der Waals surface area contributed by atoms with Crippen molar-refractivity contribution in [3.8, 4) is 5.75 Å². The van der Waals surface area contributed by atoms with Crippen molar-refractivity contribution in [2.45, 2.75) is 37.6 Å². The maximum atomic E-state index is 12.1.